The molecule has 0 radical (unpaired) electrons. The van der Waals surface area contributed by atoms with Crippen molar-refractivity contribution in [1.82, 2.24) is 5.32 Å². The van der Waals surface area contributed by atoms with Crippen molar-refractivity contribution >= 4 is 40.2 Å². The molecule has 0 saturated carbocycles. The normalized spacial score (nSPS) is 11.3. The number of hydrogen-bond acceptors (Lipinski definition) is 4. The third kappa shape index (κ3) is 5.26. The predicted octanol–water partition coefficient (Wildman–Crippen LogP) is 1.04. The zero-order chi connectivity index (χ0) is 13.8. The lowest BCUT2D eigenvalue weighted by Gasteiger charge is -2.07. The number of primary sulfonamides is 1. The second kappa shape index (κ2) is 6.42. The average Bonchev–Trinajstić information content (AvgIpc) is 2.26. The van der Waals surface area contributed by atoms with Gasteiger partial charge in [-0.3, -0.25) is 4.79 Å². The maximum Gasteiger partial charge on any atom is 0.252 e. The topological polar surface area (TPSA) is 89.3 Å². The average molecular weight is 309 g/mol. The molecule has 5 nitrogen and oxygen atoms in total. The van der Waals surface area contributed by atoms with Crippen LogP contribution in [0.1, 0.15) is 16.8 Å². The van der Waals surface area contributed by atoms with E-state index < -0.39 is 10.0 Å². The Morgan fingerprint density at radius 2 is 2.11 bits per heavy atom. The first-order valence-corrected chi connectivity index (χ1v) is 7.61. The Bertz CT molecular complexity index is 546. The van der Waals surface area contributed by atoms with Crippen LogP contribution in [0.3, 0.4) is 0 Å². The van der Waals surface area contributed by atoms with Crippen LogP contribution in [0, 0.1) is 0 Å². The third-order valence-electron chi connectivity index (χ3n) is 2.09. The van der Waals surface area contributed by atoms with Crippen LogP contribution < -0.4 is 10.5 Å². The van der Waals surface area contributed by atoms with Crippen molar-refractivity contribution in [3.8, 4) is 0 Å². The Kier molecular flexibility index (Phi) is 5.46. The number of thiol groups is 1. The first-order valence-electron chi connectivity index (χ1n) is 5.07. The second-order valence-electron chi connectivity index (χ2n) is 3.64. The van der Waals surface area contributed by atoms with Gasteiger partial charge in [-0.05, 0) is 24.6 Å². The minimum absolute atomic E-state index is 0.173. The Balaban J connectivity index is 2.53. The zero-order valence-electron chi connectivity index (χ0n) is 9.39. The van der Waals surface area contributed by atoms with E-state index in [2.05, 4.69) is 17.9 Å². The van der Waals surface area contributed by atoms with E-state index in [1.165, 1.54) is 0 Å². The summed E-state index contributed by atoms with van der Waals surface area (Å²) in [6.07, 6.45) is 0.253. The Morgan fingerprint density at radius 1 is 1.44 bits per heavy atom. The number of rotatable bonds is 5. The van der Waals surface area contributed by atoms with Gasteiger partial charge in [-0.1, -0.05) is 11.6 Å². The first-order chi connectivity index (χ1) is 8.29. The standard InChI is InChI=1S/C10H13ClN2O3S2/c11-9-3-2-7(17)6-8(9)10(14)13-4-1-5-18(12,15)16/h2-3,6,17H,1,4-5H2,(H,13,14)(H2,12,15,16). The van der Waals surface area contributed by atoms with Crippen molar-refractivity contribution in [3.05, 3.63) is 28.8 Å². The Labute approximate surface area is 116 Å². The molecule has 3 N–H and O–H groups in total. The highest BCUT2D eigenvalue weighted by Crippen LogP contribution is 2.19. The quantitative estimate of drug-likeness (QED) is 0.561. The summed E-state index contributed by atoms with van der Waals surface area (Å²) in [5.41, 5.74) is 0.305. The highest BCUT2D eigenvalue weighted by molar-refractivity contribution is 7.89. The van der Waals surface area contributed by atoms with Crippen molar-refractivity contribution in [2.24, 2.45) is 5.14 Å². The van der Waals surface area contributed by atoms with Gasteiger partial charge >= 0.3 is 0 Å². The van der Waals surface area contributed by atoms with Crippen LogP contribution >= 0.6 is 24.2 Å². The number of carbonyl (C=O) groups is 1. The number of hydrogen-bond donors (Lipinski definition) is 3. The van der Waals surface area contributed by atoms with Crippen LogP contribution in [0.25, 0.3) is 0 Å². The van der Waals surface area contributed by atoms with Gasteiger partial charge in [-0.25, -0.2) is 13.6 Å². The fourth-order valence-corrected chi connectivity index (χ4v) is 2.21. The molecular formula is C10H13ClN2O3S2. The fraction of sp³-hybridized carbons (Fsp3) is 0.300. The molecule has 0 spiro atoms. The van der Waals surface area contributed by atoms with Crippen LogP contribution in [0.4, 0.5) is 0 Å². The fourth-order valence-electron chi connectivity index (χ4n) is 1.26. The molecule has 8 heteroatoms. The molecule has 1 rings (SSSR count). The van der Waals surface area contributed by atoms with E-state index in [9.17, 15) is 13.2 Å². The summed E-state index contributed by atoms with van der Waals surface area (Å²) in [4.78, 5) is 12.4. The molecule has 1 aromatic rings. The molecule has 100 valence electrons. The van der Waals surface area contributed by atoms with E-state index in [4.69, 9.17) is 16.7 Å². The summed E-state index contributed by atoms with van der Waals surface area (Å²) in [6.45, 7) is 0.211. The number of benzene rings is 1. The van der Waals surface area contributed by atoms with Crippen molar-refractivity contribution in [1.29, 1.82) is 0 Å². The number of amides is 1. The molecule has 0 bridgehead atoms. The van der Waals surface area contributed by atoms with Gasteiger partial charge in [0.15, 0.2) is 0 Å². The molecule has 0 heterocycles. The van der Waals surface area contributed by atoms with Gasteiger partial charge in [0.25, 0.3) is 5.91 Å². The zero-order valence-corrected chi connectivity index (χ0v) is 11.9. The van der Waals surface area contributed by atoms with Crippen molar-refractivity contribution < 1.29 is 13.2 Å². The number of halogens is 1. The monoisotopic (exact) mass is 308 g/mol. The van der Waals surface area contributed by atoms with Gasteiger partial charge in [0, 0.05) is 11.4 Å². The summed E-state index contributed by atoms with van der Waals surface area (Å²) in [6, 6.07) is 4.78. The van der Waals surface area contributed by atoms with E-state index in [0.717, 1.165) is 0 Å². The lowest BCUT2D eigenvalue weighted by Crippen LogP contribution is -2.27. The lowest BCUT2D eigenvalue weighted by molar-refractivity contribution is 0.0953. The third-order valence-corrected chi connectivity index (χ3v) is 3.55. The molecule has 0 aliphatic carbocycles. The largest absolute Gasteiger partial charge is 0.352 e. The minimum Gasteiger partial charge on any atom is -0.352 e. The van der Waals surface area contributed by atoms with Gasteiger partial charge in [-0.15, -0.1) is 12.6 Å². The van der Waals surface area contributed by atoms with Crippen molar-refractivity contribution in [2.45, 2.75) is 11.3 Å². The molecule has 0 fully saturated rings. The lowest BCUT2D eigenvalue weighted by atomic mass is 10.2. The molecule has 18 heavy (non-hydrogen) atoms. The summed E-state index contributed by atoms with van der Waals surface area (Å²) < 4.78 is 21.4. The van der Waals surface area contributed by atoms with Crippen LogP contribution in [0.5, 0.6) is 0 Å². The molecule has 1 amide bonds. The predicted molar refractivity (Wildman–Crippen MR) is 73.6 cm³/mol. The Morgan fingerprint density at radius 3 is 2.72 bits per heavy atom. The summed E-state index contributed by atoms with van der Waals surface area (Å²) >= 11 is 9.97. The summed E-state index contributed by atoms with van der Waals surface area (Å²) in [5, 5.41) is 7.71. The van der Waals surface area contributed by atoms with Crippen LogP contribution in [-0.2, 0) is 10.0 Å². The highest BCUT2D eigenvalue weighted by Gasteiger charge is 2.10. The van der Waals surface area contributed by atoms with Crippen LogP contribution in [0.2, 0.25) is 5.02 Å². The van der Waals surface area contributed by atoms with Crippen molar-refractivity contribution in [2.75, 3.05) is 12.3 Å². The van der Waals surface area contributed by atoms with Crippen LogP contribution in [0.15, 0.2) is 23.1 Å². The number of sulfonamides is 1. The summed E-state index contributed by atoms with van der Waals surface area (Å²) in [7, 11) is -3.49. The maximum absolute atomic E-state index is 11.7. The van der Waals surface area contributed by atoms with Gasteiger partial charge in [-0.2, -0.15) is 0 Å². The second-order valence-corrected chi connectivity index (χ2v) is 6.30. The van der Waals surface area contributed by atoms with Gasteiger partial charge in [0.05, 0.1) is 16.3 Å². The van der Waals surface area contributed by atoms with Gasteiger partial charge in [0.1, 0.15) is 0 Å². The highest BCUT2D eigenvalue weighted by atomic mass is 35.5. The van der Waals surface area contributed by atoms with Crippen molar-refractivity contribution in [3.63, 3.8) is 0 Å². The van der Waals surface area contributed by atoms with Gasteiger partial charge < -0.3 is 5.32 Å². The van der Waals surface area contributed by atoms with Gasteiger partial charge in [0.2, 0.25) is 10.0 Å². The van der Waals surface area contributed by atoms with E-state index >= 15 is 0 Å². The number of nitrogens with one attached hydrogen (secondary N) is 1. The number of carbonyl (C=O) groups excluding carboxylic acids is 1. The Hall–Kier alpha value is -0.760. The molecule has 0 aliphatic rings. The molecule has 0 aliphatic heterocycles. The molecular weight excluding hydrogens is 296 g/mol. The first kappa shape index (κ1) is 15.3. The molecule has 0 unspecified atom stereocenters. The van der Waals surface area contributed by atoms with E-state index in [1.807, 2.05) is 0 Å². The number of nitrogens with two attached hydrogens (primary N) is 1. The molecule has 1 aromatic carbocycles. The van der Waals surface area contributed by atoms with Crippen LogP contribution in [-0.4, -0.2) is 26.6 Å². The smallest absolute Gasteiger partial charge is 0.252 e. The van der Waals surface area contributed by atoms with E-state index in [1.54, 1.807) is 18.2 Å². The minimum atomic E-state index is -3.49. The molecule has 0 aromatic heterocycles. The SMILES string of the molecule is NS(=O)(=O)CCCNC(=O)c1cc(S)ccc1Cl. The molecule has 0 atom stereocenters. The van der Waals surface area contributed by atoms with E-state index in [0.29, 0.717) is 15.5 Å². The summed E-state index contributed by atoms with van der Waals surface area (Å²) in [5.74, 6) is -0.543. The van der Waals surface area contributed by atoms with E-state index in [-0.39, 0.29) is 24.6 Å². The maximum atomic E-state index is 11.7. The molecule has 0 saturated heterocycles.